The average molecular weight is 337 g/mol. The summed E-state index contributed by atoms with van der Waals surface area (Å²) in [6, 6.07) is 11.7. The molecular formula is C20H23N3O2. The molecule has 2 unspecified atom stereocenters. The fraction of sp³-hybridized carbons (Fsp3) is 0.400. The van der Waals surface area contributed by atoms with Gasteiger partial charge in [-0.1, -0.05) is 25.1 Å². The van der Waals surface area contributed by atoms with Crippen LogP contribution in [0.4, 0.5) is 11.5 Å². The molecule has 1 aromatic heterocycles. The van der Waals surface area contributed by atoms with Gasteiger partial charge >= 0.3 is 0 Å². The van der Waals surface area contributed by atoms with Gasteiger partial charge < -0.3 is 14.9 Å². The molecule has 1 aromatic carbocycles. The number of fused-ring (bicyclic) bond motifs is 1. The Balaban J connectivity index is 1.65. The molecule has 0 bridgehead atoms. The highest BCUT2D eigenvalue weighted by molar-refractivity contribution is 6.10. The van der Waals surface area contributed by atoms with Crippen molar-refractivity contribution in [2.75, 3.05) is 29.4 Å². The number of para-hydroxylation sites is 1. The van der Waals surface area contributed by atoms with E-state index in [1.54, 1.807) is 6.20 Å². The van der Waals surface area contributed by atoms with E-state index in [9.17, 15) is 9.90 Å². The molecule has 1 fully saturated rings. The molecule has 2 aliphatic rings. The van der Waals surface area contributed by atoms with Crippen LogP contribution in [0.1, 0.15) is 29.3 Å². The van der Waals surface area contributed by atoms with Crippen LogP contribution in [-0.2, 0) is 6.42 Å². The van der Waals surface area contributed by atoms with E-state index in [2.05, 4.69) is 18.0 Å². The standard InChI is InChI=1S/C20H23N3O2/c1-14-8-11-22(13-18(14)24)19-16(6-4-10-21-19)20(25)23-12-9-15-5-2-3-7-17(15)23/h2-7,10,14,18,24H,8-9,11-13H2,1H3. The van der Waals surface area contributed by atoms with Crippen LogP contribution in [0.2, 0.25) is 0 Å². The number of pyridine rings is 1. The van der Waals surface area contributed by atoms with E-state index in [-0.39, 0.29) is 17.9 Å². The van der Waals surface area contributed by atoms with Crippen LogP contribution >= 0.6 is 0 Å². The smallest absolute Gasteiger partial charge is 0.262 e. The summed E-state index contributed by atoms with van der Waals surface area (Å²) in [7, 11) is 0. The lowest BCUT2D eigenvalue weighted by molar-refractivity contribution is 0.0977. The maximum Gasteiger partial charge on any atom is 0.262 e. The predicted octanol–water partition coefficient (Wildman–Crippen LogP) is 2.49. The Morgan fingerprint density at radius 2 is 2.04 bits per heavy atom. The summed E-state index contributed by atoms with van der Waals surface area (Å²) in [6.45, 7) is 4.10. The molecule has 4 rings (SSSR count). The number of aromatic nitrogens is 1. The minimum absolute atomic E-state index is 0.0128. The molecule has 5 heteroatoms. The number of hydrogen-bond donors (Lipinski definition) is 1. The van der Waals surface area contributed by atoms with Crippen molar-refractivity contribution in [2.45, 2.75) is 25.9 Å². The van der Waals surface area contributed by atoms with Crippen LogP contribution in [0.5, 0.6) is 0 Å². The number of hydrogen-bond acceptors (Lipinski definition) is 4. The van der Waals surface area contributed by atoms with Gasteiger partial charge in [0, 0.05) is 31.5 Å². The average Bonchev–Trinajstić information content (AvgIpc) is 3.07. The fourth-order valence-electron chi connectivity index (χ4n) is 3.75. The lowest BCUT2D eigenvalue weighted by atomic mass is 9.96. The Bertz CT molecular complexity index is 792. The number of β-amino-alcohol motifs (C(OH)–C–C–N with tert-alkyl or cyclic N) is 1. The third-order valence-corrected chi connectivity index (χ3v) is 5.37. The van der Waals surface area contributed by atoms with E-state index in [1.807, 2.05) is 40.1 Å². The minimum atomic E-state index is -0.383. The molecule has 130 valence electrons. The zero-order valence-electron chi connectivity index (χ0n) is 14.4. The molecule has 1 amide bonds. The van der Waals surface area contributed by atoms with Gasteiger partial charge in [-0.25, -0.2) is 4.98 Å². The number of carbonyl (C=O) groups excluding carboxylic acids is 1. The molecule has 1 N–H and O–H groups in total. The first-order valence-electron chi connectivity index (χ1n) is 8.93. The molecular weight excluding hydrogens is 314 g/mol. The predicted molar refractivity (Wildman–Crippen MR) is 98.1 cm³/mol. The van der Waals surface area contributed by atoms with Crippen molar-refractivity contribution in [1.29, 1.82) is 0 Å². The summed E-state index contributed by atoms with van der Waals surface area (Å²) in [5.74, 6) is 0.952. The molecule has 25 heavy (non-hydrogen) atoms. The van der Waals surface area contributed by atoms with Gasteiger partial charge in [0.15, 0.2) is 0 Å². The summed E-state index contributed by atoms with van der Waals surface area (Å²) < 4.78 is 0. The van der Waals surface area contributed by atoms with Crippen LogP contribution in [0.15, 0.2) is 42.6 Å². The van der Waals surface area contributed by atoms with Gasteiger partial charge in [0.25, 0.3) is 5.91 Å². The van der Waals surface area contributed by atoms with Crippen LogP contribution in [-0.4, -0.2) is 41.7 Å². The number of aliphatic hydroxyl groups excluding tert-OH is 1. The molecule has 2 aromatic rings. The molecule has 2 aliphatic heterocycles. The first kappa shape index (κ1) is 16.1. The topological polar surface area (TPSA) is 56.7 Å². The molecule has 2 atom stereocenters. The summed E-state index contributed by atoms with van der Waals surface area (Å²) in [4.78, 5) is 21.6. The minimum Gasteiger partial charge on any atom is -0.391 e. The van der Waals surface area contributed by atoms with Crippen molar-refractivity contribution in [1.82, 2.24) is 4.98 Å². The van der Waals surface area contributed by atoms with Crippen molar-refractivity contribution in [3.63, 3.8) is 0 Å². The second kappa shape index (κ2) is 6.48. The van der Waals surface area contributed by atoms with E-state index in [0.717, 1.165) is 25.1 Å². The van der Waals surface area contributed by atoms with Gasteiger partial charge in [-0.2, -0.15) is 0 Å². The Morgan fingerprint density at radius 3 is 2.88 bits per heavy atom. The van der Waals surface area contributed by atoms with Gasteiger partial charge in [-0.05, 0) is 42.5 Å². The summed E-state index contributed by atoms with van der Waals surface area (Å²) in [6.07, 6.45) is 3.12. The number of rotatable bonds is 2. The largest absolute Gasteiger partial charge is 0.391 e. The summed E-state index contributed by atoms with van der Waals surface area (Å²) in [5, 5.41) is 10.2. The van der Waals surface area contributed by atoms with Crippen LogP contribution in [0.25, 0.3) is 0 Å². The number of piperidine rings is 1. The number of nitrogens with zero attached hydrogens (tertiary/aromatic N) is 3. The monoisotopic (exact) mass is 337 g/mol. The molecule has 5 nitrogen and oxygen atoms in total. The van der Waals surface area contributed by atoms with Gasteiger partial charge in [-0.3, -0.25) is 4.79 Å². The highest BCUT2D eigenvalue weighted by Crippen LogP contribution is 2.31. The number of carbonyl (C=O) groups is 1. The van der Waals surface area contributed by atoms with E-state index in [0.29, 0.717) is 24.5 Å². The van der Waals surface area contributed by atoms with E-state index in [1.165, 1.54) is 5.56 Å². The first-order valence-corrected chi connectivity index (χ1v) is 8.93. The Hall–Kier alpha value is -2.40. The van der Waals surface area contributed by atoms with Crippen molar-refractivity contribution in [3.8, 4) is 0 Å². The van der Waals surface area contributed by atoms with Crippen LogP contribution in [0.3, 0.4) is 0 Å². The zero-order chi connectivity index (χ0) is 17.4. The number of benzene rings is 1. The Kier molecular flexibility index (Phi) is 4.17. The highest BCUT2D eigenvalue weighted by Gasteiger charge is 2.31. The summed E-state index contributed by atoms with van der Waals surface area (Å²) in [5.41, 5.74) is 2.82. The Morgan fingerprint density at radius 1 is 1.20 bits per heavy atom. The lowest BCUT2D eigenvalue weighted by Gasteiger charge is -2.36. The molecule has 0 spiro atoms. The maximum absolute atomic E-state index is 13.2. The highest BCUT2D eigenvalue weighted by atomic mass is 16.3. The van der Waals surface area contributed by atoms with Crippen molar-refractivity contribution >= 4 is 17.4 Å². The quantitative estimate of drug-likeness (QED) is 0.915. The number of anilines is 2. The molecule has 0 saturated carbocycles. The summed E-state index contributed by atoms with van der Waals surface area (Å²) >= 11 is 0. The van der Waals surface area contributed by atoms with Gasteiger partial charge in [-0.15, -0.1) is 0 Å². The van der Waals surface area contributed by atoms with Crippen molar-refractivity contribution in [3.05, 3.63) is 53.7 Å². The third-order valence-electron chi connectivity index (χ3n) is 5.37. The van der Waals surface area contributed by atoms with Crippen LogP contribution < -0.4 is 9.80 Å². The fourth-order valence-corrected chi connectivity index (χ4v) is 3.75. The number of amides is 1. The third kappa shape index (κ3) is 2.89. The SMILES string of the molecule is CC1CCN(c2ncccc2C(=O)N2CCc3ccccc32)CC1O. The number of aliphatic hydroxyl groups is 1. The second-order valence-electron chi connectivity index (χ2n) is 6.99. The van der Waals surface area contributed by atoms with E-state index >= 15 is 0 Å². The second-order valence-corrected chi connectivity index (χ2v) is 6.99. The lowest BCUT2D eigenvalue weighted by Crippen LogP contribution is -2.44. The van der Waals surface area contributed by atoms with Crippen molar-refractivity contribution in [2.24, 2.45) is 5.92 Å². The zero-order valence-corrected chi connectivity index (χ0v) is 14.4. The molecule has 1 saturated heterocycles. The normalized spacial score (nSPS) is 22.8. The van der Waals surface area contributed by atoms with E-state index < -0.39 is 0 Å². The molecule has 3 heterocycles. The van der Waals surface area contributed by atoms with Gasteiger partial charge in [0.05, 0.1) is 11.7 Å². The van der Waals surface area contributed by atoms with Crippen LogP contribution in [0, 0.1) is 5.92 Å². The van der Waals surface area contributed by atoms with Gasteiger partial charge in [0.1, 0.15) is 5.82 Å². The first-order chi connectivity index (χ1) is 12.1. The molecule has 0 aliphatic carbocycles. The van der Waals surface area contributed by atoms with Gasteiger partial charge in [0.2, 0.25) is 0 Å². The molecule has 0 radical (unpaired) electrons. The maximum atomic E-state index is 13.2. The van der Waals surface area contributed by atoms with Crippen molar-refractivity contribution < 1.29 is 9.90 Å². The Labute approximate surface area is 147 Å². The van der Waals surface area contributed by atoms with E-state index in [4.69, 9.17) is 0 Å².